The molecule has 0 saturated carbocycles. The fraction of sp³-hybridized carbons (Fsp3) is 0.158. The predicted octanol–water partition coefficient (Wildman–Crippen LogP) is 2.67. The van der Waals surface area contributed by atoms with Crippen molar-refractivity contribution in [2.24, 2.45) is 0 Å². The first-order chi connectivity index (χ1) is 12.7. The van der Waals surface area contributed by atoms with E-state index in [1.807, 2.05) is 23.6 Å². The fourth-order valence-corrected chi connectivity index (χ4v) is 3.64. The van der Waals surface area contributed by atoms with Crippen molar-refractivity contribution in [3.05, 3.63) is 64.2 Å². The van der Waals surface area contributed by atoms with Crippen molar-refractivity contribution < 1.29 is 9.59 Å². The third-order valence-corrected chi connectivity index (χ3v) is 5.05. The molecule has 0 saturated heterocycles. The van der Waals surface area contributed by atoms with Crippen LogP contribution in [-0.4, -0.2) is 28.3 Å². The molecule has 4 rings (SSSR count). The lowest BCUT2D eigenvalue weighted by molar-refractivity contribution is -0.115. The first kappa shape index (κ1) is 16.4. The van der Waals surface area contributed by atoms with Crippen LogP contribution in [0.1, 0.15) is 20.9 Å². The number of fused-ring (bicyclic) bond motifs is 1. The highest BCUT2D eigenvalue weighted by Crippen LogP contribution is 2.29. The number of rotatable bonds is 5. The zero-order chi connectivity index (χ0) is 17.9. The molecule has 3 aromatic rings. The summed E-state index contributed by atoms with van der Waals surface area (Å²) in [6, 6.07) is 9.27. The van der Waals surface area contributed by atoms with Gasteiger partial charge in [-0.3, -0.25) is 14.6 Å². The molecule has 1 aliphatic rings. The van der Waals surface area contributed by atoms with Crippen LogP contribution < -0.4 is 10.6 Å². The summed E-state index contributed by atoms with van der Waals surface area (Å²) in [5, 5.41) is 8.69. The van der Waals surface area contributed by atoms with Crippen molar-refractivity contribution in [2.75, 3.05) is 11.9 Å². The molecule has 1 aliphatic heterocycles. The summed E-state index contributed by atoms with van der Waals surface area (Å²) in [5.74, 6) is -0.0824. The summed E-state index contributed by atoms with van der Waals surface area (Å²) < 4.78 is 0. The molecule has 0 radical (unpaired) electrons. The zero-order valence-corrected chi connectivity index (χ0v) is 14.7. The number of anilines is 1. The largest absolute Gasteiger partial charge is 0.352 e. The van der Waals surface area contributed by atoms with E-state index in [0.29, 0.717) is 24.9 Å². The Balaban J connectivity index is 1.37. The van der Waals surface area contributed by atoms with Crippen molar-refractivity contribution in [3.8, 4) is 11.3 Å². The summed E-state index contributed by atoms with van der Waals surface area (Å²) in [5.41, 5.74) is 4.39. The summed E-state index contributed by atoms with van der Waals surface area (Å²) in [6.07, 6.45) is 4.29. The molecule has 6 nitrogen and oxygen atoms in total. The van der Waals surface area contributed by atoms with E-state index < -0.39 is 0 Å². The Bertz CT molecular complexity index is 969. The average Bonchev–Trinajstić information content (AvgIpc) is 3.27. The first-order valence-corrected chi connectivity index (χ1v) is 9.13. The molecule has 3 heterocycles. The van der Waals surface area contributed by atoms with Crippen LogP contribution in [0.25, 0.3) is 11.3 Å². The molecule has 1 aromatic carbocycles. The number of amides is 2. The van der Waals surface area contributed by atoms with E-state index in [1.54, 1.807) is 35.9 Å². The quantitative estimate of drug-likeness (QED) is 0.729. The van der Waals surface area contributed by atoms with Crippen molar-refractivity contribution >= 4 is 28.8 Å². The lowest BCUT2D eigenvalue weighted by Crippen LogP contribution is -2.25. The summed E-state index contributed by atoms with van der Waals surface area (Å²) in [6.45, 7) is 0.525. The van der Waals surface area contributed by atoms with E-state index in [9.17, 15) is 9.59 Å². The average molecular weight is 364 g/mol. The van der Waals surface area contributed by atoms with E-state index in [0.717, 1.165) is 27.5 Å². The second kappa shape index (κ2) is 7.05. The van der Waals surface area contributed by atoms with Crippen LogP contribution in [-0.2, 0) is 17.6 Å². The molecule has 0 spiro atoms. The fourth-order valence-electron chi connectivity index (χ4n) is 2.84. The Labute approximate surface area is 154 Å². The van der Waals surface area contributed by atoms with E-state index in [4.69, 9.17) is 0 Å². The molecular weight excluding hydrogens is 348 g/mol. The molecule has 0 unspecified atom stereocenters. The van der Waals surface area contributed by atoms with Gasteiger partial charge in [0.25, 0.3) is 5.91 Å². The topological polar surface area (TPSA) is 84.0 Å². The molecule has 0 bridgehead atoms. The van der Waals surface area contributed by atoms with Crippen LogP contribution in [0.15, 0.2) is 48.1 Å². The van der Waals surface area contributed by atoms with Gasteiger partial charge in [0, 0.05) is 47.6 Å². The summed E-state index contributed by atoms with van der Waals surface area (Å²) in [4.78, 5) is 32.0. The Morgan fingerprint density at radius 1 is 1.23 bits per heavy atom. The maximum Gasteiger partial charge on any atom is 0.251 e. The molecule has 0 aliphatic carbocycles. The molecule has 26 heavy (non-hydrogen) atoms. The maximum absolute atomic E-state index is 12.0. The lowest BCUT2D eigenvalue weighted by Gasteiger charge is -2.03. The minimum atomic E-state index is -0.111. The van der Waals surface area contributed by atoms with Gasteiger partial charge in [-0.2, -0.15) is 0 Å². The molecule has 130 valence electrons. The van der Waals surface area contributed by atoms with Gasteiger partial charge in [-0.15, -0.1) is 11.3 Å². The van der Waals surface area contributed by atoms with Crippen LogP contribution >= 0.6 is 11.3 Å². The minimum Gasteiger partial charge on any atom is -0.352 e. The third kappa shape index (κ3) is 3.48. The van der Waals surface area contributed by atoms with Crippen LogP contribution in [0.3, 0.4) is 0 Å². The van der Waals surface area contributed by atoms with Crippen molar-refractivity contribution in [3.63, 3.8) is 0 Å². The Kier molecular flexibility index (Phi) is 4.45. The number of benzene rings is 1. The van der Waals surface area contributed by atoms with Crippen LogP contribution in [0.4, 0.5) is 5.69 Å². The van der Waals surface area contributed by atoms with E-state index in [1.165, 1.54) is 0 Å². The highest BCUT2D eigenvalue weighted by atomic mass is 32.1. The van der Waals surface area contributed by atoms with Gasteiger partial charge in [0.1, 0.15) is 0 Å². The van der Waals surface area contributed by atoms with Gasteiger partial charge < -0.3 is 10.6 Å². The van der Waals surface area contributed by atoms with E-state index in [2.05, 4.69) is 20.6 Å². The van der Waals surface area contributed by atoms with E-state index in [-0.39, 0.29) is 11.8 Å². The van der Waals surface area contributed by atoms with Crippen LogP contribution in [0.2, 0.25) is 0 Å². The number of aromatic nitrogens is 2. The minimum absolute atomic E-state index is 0.0288. The Hall–Kier alpha value is -3.06. The first-order valence-electron chi connectivity index (χ1n) is 8.25. The Morgan fingerprint density at radius 2 is 2.08 bits per heavy atom. The number of nitrogens with one attached hydrogen (secondary N) is 2. The number of hydrogen-bond donors (Lipinski definition) is 2. The SMILES string of the molecule is O=C1Cc2cc(-c3csc(CCNC(=O)c4ccncc4)n3)ccc2N1. The standard InChI is InChI=1S/C19H16N4O2S/c24-17-10-14-9-13(1-2-15(14)22-17)16-11-26-18(23-16)5-8-21-19(25)12-3-6-20-7-4-12/h1-4,6-7,9,11H,5,8,10H2,(H,21,25)(H,22,24). The normalized spacial score (nSPS) is 12.5. The van der Waals surface area contributed by atoms with Gasteiger partial charge in [0.15, 0.2) is 0 Å². The Morgan fingerprint density at radius 3 is 2.92 bits per heavy atom. The lowest BCUT2D eigenvalue weighted by atomic mass is 10.1. The van der Waals surface area contributed by atoms with Crippen LogP contribution in [0.5, 0.6) is 0 Å². The van der Waals surface area contributed by atoms with Gasteiger partial charge in [-0.25, -0.2) is 4.98 Å². The number of thiazole rings is 1. The summed E-state index contributed by atoms with van der Waals surface area (Å²) in [7, 11) is 0. The van der Waals surface area contributed by atoms with Crippen molar-refractivity contribution in [1.82, 2.24) is 15.3 Å². The molecule has 2 amide bonds. The molecule has 0 fully saturated rings. The van der Waals surface area contributed by atoms with Gasteiger partial charge >= 0.3 is 0 Å². The molecule has 0 atom stereocenters. The smallest absolute Gasteiger partial charge is 0.251 e. The van der Waals surface area contributed by atoms with Gasteiger partial charge in [0.2, 0.25) is 5.91 Å². The monoisotopic (exact) mass is 364 g/mol. The van der Waals surface area contributed by atoms with Crippen LogP contribution in [0, 0.1) is 0 Å². The second-order valence-electron chi connectivity index (χ2n) is 5.97. The number of carbonyl (C=O) groups is 2. The molecule has 2 N–H and O–H groups in total. The van der Waals surface area contributed by atoms with Gasteiger partial charge in [0.05, 0.1) is 17.1 Å². The van der Waals surface area contributed by atoms with Gasteiger partial charge in [-0.1, -0.05) is 6.07 Å². The molecule has 2 aromatic heterocycles. The second-order valence-corrected chi connectivity index (χ2v) is 6.91. The highest BCUT2D eigenvalue weighted by molar-refractivity contribution is 7.09. The number of pyridine rings is 1. The number of hydrogen-bond acceptors (Lipinski definition) is 5. The summed E-state index contributed by atoms with van der Waals surface area (Å²) >= 11 is 1.57. The number of carbonyl (C=O) groups excluding carboxylic acids is 2. The molecular formula is C19H16N4O2S. The third-order valence-electron chi connectivity index (χ3n) is 4.14. The highest BCUT2D eigenvalue weighted by Gasteiger charge is 2.18. The van der Waals surface area contributed by atoms with E-state index >= 15 is 0 Å². The zero-order valence-electron chi connectivity index (χ0n) is 13.9. The molecule has 7 heteroatoms. The maximum atomic E-state index is 12.0. The predicted molar refractivity (Wildman–Crippen MR) is 100 cm³/mol. The van der Waals surface area contributed by atoms with Crippen molar-refractivity contribution in [2.45, 2.75) is 12.8 Å². The number of nitrogens with zero attached hydrogens (tertiary/aromatic N) is 2. The van der Waals surface area contributed by atoms with Crippen molar-refractivity contribution in [1.29, 1.82) is 0 Å². The van der Waals surface area contributed by atoms with Gasteiger partial charge in [-0.05, 0) is 29.8 Å².